The highest BCUT2D eigenvalue weighted by atomic mass is 32.1. The summed E-state index contributed by atoms with van der Waals surface area (Å²) >= 11 is 1.29. The predicted molar refractivity (Wildman–Crippen MR) is 137 cm³/mol. The molecule has 4 bridgehead atoms. The molecule has 5 aliphatic carbocycles. The van der Waals surface area contributed by atoms with E-state index < -0.39 is 12.1 Å². The molecule has 204 valence electrons. The first-order valence-corrected chi connectivity index (χ1v) is 14.2. The van der Waals surface area contributed by atoms with Crippen molar-refractivity contribution >= 4 is 35.1 Å². The van der Waals surface area contributed by atoms with Gasteiger partial charge in [0.1, 0.15) is 10.7 Å². The molecule has 1 N–H and O–H groups in total. The molecule has 6 rings (SSSR count). The van der Waals surface area contributed by atoms with Gasteiger partial charge in [0.15, 0.2) is 6.10 Å². The Morgan fingerprint density at radius 1 is 1.22 bits per heavy atom. The molecule has 0 aliphatic heterocycles. The topological polar surface area (TPSA) is 115 Å². The van der Waals surface area contributed by atoms with Gasteiger partial charge in [-0.1, -0.05) is 27.2 Å². The molecular weight excluding hydrogens is 494 g/mol. The number of amides is 2. The zero-order valence-corrected chi connectivity index (χ0v) is 23.4. The maximum atomic E-state index is 13.0. The molecule has 5 fully saturated rings. The molecule has 5 saturated carbocycles. The van der Waals surface area contributed by atoms with E-state index in [1.165, 1.54) is 25.4 Å². The van der Waals surface area contributed by atoms with Gasteiger partial charge in [0, 0.05) is 44.3 Å². The minimum Gasteiger partial charge on any atom is -0.469 e. The number of methoxy groups -OCH3 is 1. The maximum Gasteiger partial charge on any atom is 0.309 e. The summed E-state index contributed by atoms with van der Waals surface area (Å²) < 4.78 is 10.6. The predicted octanol–water partition coefficient (Wildman–Crippen LogP) is 3.59. The fourth-order valence-electron chi connectivity index (χ4n) is 6.88. The number of aromatic nitrogens is 1. The van der Waals surface area contributed by atoms with Crippen molar-refractivity contribution < 1.29 is 28.7 Å². The molecule has 37 heavy (non-hydrogen) atoms. The van der Waals surface area contributed by atoms with Gasteiger partial charge in [0.05, 0.1) is 13.0 Å². The quantitative estimate of drug-likeness (QED) is 0.408. The van der Waals surface area contributed by atoms with Crippen LogP contribution in [0.25, 0.3) is 0 Å². The maximum absolute atomic E-state index is 13.0. The van der Waals surface area contributed by atoms with Crippen LogP contribution >= 0.6 is 11.3 Å². The highest BCUT2D eigenvalue weighted by Crippen LogP contribution is 2.72. The normalized spacial score (nSPS) is 28.5. The van der Waals surface area contributed by atoms with E-state index in [-0.39, 0.29) is 41.7 Å². The summed E-state index contributed by atoms with van der Waals surface area (Å²) in [7, 11) is 3.23. The minimum absolute atomic E-state index is 0.00981. The molecule has 2 amide bonds. The number of unbranched alkanes of at least 4 members (excludes halogenated alkanes) is 1. The number of rotatable bonds is 12. The van der Waals surface area contributed by atoms with Gasteiger partial charge in [0.25, 0.3) is 5.91 Å². The number of ether oxygens (including phenoxy) is 2. The summed E-state index contributed by atoms with van der Waals surface area (Å²) in [5, 5.41) is 5.37. The lowest BCUT2D eigenvalue weighted by atomic mass is 9.50. The molecule has 1 aromatic rings. The Kier molecular flexibility index (Phi) is 8.26. The van der Waals surface area contributed by atoms with Gasteiger partial charge < -0.3 is 19.7 Å². The first kappa shape index (κ1) is 27.5. The Morgan fingerprint density at radius 3 is 2.51 bits per heavy atom. The van der Waals surface area contributed by atoms with Crippen LogP contribution in [0.5, 0.6) is 0 Å². The van der Waals surface area contributed by atoms with E-state index >= 15 is 0 Å². The minimum atomic E-state index is -0.647. The highest BCUT2D eigenvalue weighted by Gasteiger charge is 2.75. The summed E-state index contributed by atoms with van der Waals surface area (Å²) in [6.07, 6.45) is 2.98. The first-order valence-electron chi connectivity index (χ1n) is 13.4. The van der Waals surface area contributed by atoms with Crippen LogP contribution in [-0.2, 0) is 23.9 Å². The van der Waals surface area contributed by atoms with E-state index in [0.29, 0.717) is 47.2 Å². The number of thiazole rings is 1. The van der Waals surface area contributed by atoms with Gasteiger partial charge >= 0.3 is 11.9 Å². The van der Waals surface area contributed by atoms with Crippen LogP contribution in [-0.4, -0.2) is 59.9 Å². The first-order chi connectivity index (χ1) is 17.6. The van der Waals surface area contributed by atoms with Crippen molar-refractivity contribution in [3.63, 3.8) is 0 Å². The van der Waals surface area contributed by atoms with Gasteiger partial charge in [-0.3, -0.25) is 19.2 Å². The molecule has 9 nitrogen and oxygen atoms in total. The van der Waals surface area contributed by atoms with E-state index in [1.807, 2.05) is 13.8 Å². The molecule has 8 atom stereocenters. The fourth-order valence-corrected chi connectivity index (χ4v) is 7.72. The highest BCUT2D eigenvalue weighted by molar-refractivity contribution is 7.09. The SMILES string of the molecule is CCCCC(=O)N(C)C(CC(OC(C)=O)c1nc(C(=O)NC2C3CC4C(C(=O)OC)C3[C@@H]42)cs1)C(C)C. The largest absolute Gasteiger partial charge is 0.469 e. The molecular formula is C27H39N3O6S. The Labute approximate surface area is 222 Å². The number of nitrogens with zero attached hydrogens (tertiary/aromatic N) is 2. The second kappa shape index (κ2) is 11.1. The summed E-state index contributed by atoms with van der Waals surface area (Å²) in [5.74, 6) is 0.700. The lowest BCUT2D eigenvalue weighted by molar-refractivity contribution is -0.167. The number of esters is 2. The Bertz CT molecular complexity index is 1030. The molecule has 10 heteroatoms. The number of nitrogens with one attached hydrogen (secondary N) is 1. The van der Waals surface area contributed by atoms with Crippen LogP contribution < -0.4 is 5.32 Å². The van der Waals surface area contributed by atoms with E-state index in [4.69, 9.17) is 9.47 Å². The lowest BCUT2D eigenvalue weighted by Crippen LogP contribution is -2.65. The van der Waals surface area contributed by atoms with Gasteiger partial charge in [-0.05, 0) is 42.4 Å². The molecule has 0 radical (unpaired) electrons. The van der Waals surface area contributed by atoms with Crippen LogP contribution in [0.2, 0.25) is 0 Å². The monoisotopic (exact) mass is 533 g/mol. The zero-order chi connectivity index (χ0) is 27.0. The van der Waals surface area contributed by atoms with Crippen LogP contribution in [0.1, 0.15) is 81.4 Å². The molecule has 1 aromatic heterocycles. The summed E-state index contributed by atoms with van der Waals surface area (Å²) in [4.78, 5) is 56.0. The van der Waals surface area contributed by atoms with Gasteiger partial charge in [0.2, 0.25) is 5.91 Å². The van der Waals surface area contributed by atoms with E-state index in [0.717, 1.165) is 19.3 Å². The van der Waals surface area contributed by atoms with Crippen molar-refractivity contribution in [1.82, 2.24) is 15.2 Å². The van der Waals surface area contributed by atoms with Crippen LogP contribution in [0.3, 0.4) is 0 Å². The Balaban J connectivity index is 1.40. The number of hydrogen-bond donors (Lipinski definition) is 1. The Hall–Kier alpha value is -2.49. The second-order valence-corrected chi connectivity index (χ2v) is 12.0. The fraction of sp³-hybridized carbons (Fsp3) is 0.741. The smallest absolute Gasteiger partial charge is 0.309 e. The average molecular weight is 534 g/mol. The lowest BCUT2D eigenvalue weighted by Gasteiger charge is -2.56. The third kappa shape index (κ3) is 5.13. The summed E-state index contributed by atoms with van der Waals surface area (Å²) in [6.45, 7) is 7.50. The van der Waals surface area contributed by atoms with Crippen molar-refractivity contribution in [1.29, 1.82) is 0 Å². The summed E-state index contributed by atoms with van der Waals surface area (Å²) in [6, 6.07) is -0.0686. The summed E-state index contributed by atoms with van der Waals surface area (Å²) in [5.41, 5.74) is 0.301. The van der Waals surface area contributed by atoms with Gasteiger partial charge in [-0.2, -0.15) is 0 Å². The van der Waals surface area contributed by atoms with Crippen LogP contribution in [0.4, 0.5) is 0 Å². The molecule has 1 heterocycles. The van der Waals surface area contributed by atoms with Crippen molar-refractivity contribution in [2.75, 3.05) is 14.2 Å². The van der Waals surface area contributed by atoms with Gasteiger partial charge in [-0.15, -0.1) is 11.3 Å². The number of hydrogen-bond acceptors (Lipinski definition) is 8. The molecule has 5 aliphatic rings. The van der Waals surface area contributed by atoms with Crippen LogP contribution in [0.15, 0.2) is 5.38 Å². The Morgan fingerprint density at radius 2 is 1.95 bits per heavy atom. The van der Waals surface area contributed by atoms with E-state index in [1.54, 1.807) is 17.3 Å². The van der Waals surface area contributed by atoms with Crippen molar-refractivity contribution in [2.45, 2.75) is 78.0 Å². The zero-order valence-electron chi connectivity index (χ0n) is 22.6. The van der Waals surface area contributed by atoms with Gasteiger partial charge in [-0.25, -0.2) is 4.98 Å². The van der Waals surface area contributed by atoms with E-state index in [2.05, 4.69) is 17.2 Å². The number of carbonyl (C=O) groups is 4. The third-order valence-electron chi connectivity index (χ3n) is 8.70. The standard InChI is InChI=1S/C27H39N3O6S/c1-7-8-9-20(32)30(5)18(13(2)3)11-19(36-14(4)31)26-28-17(12-37-26)25(33)29-24-16-10-15-22(24)21(16)23(15)27(34)35-6/h12-13,15-16,18-19,21-24H,7-11H2,1-6H3,(H,29,33)/t15?,16?,18?,19?,21?,22-,23?,24?/m1/s1. The molecule has 0 aromatic carbocycles. The van der Waals surface area contributed by atoms with Crippen molar-refractivity contribution in [3.05, 3.63) is 16.1 Å². The molecule has 0 saturated heterocycles. The van der Waals surface area contributed by atoms with Crippen LogP contribution in [0, 0.1) is 35.5 Å². The molecule has 7 unspecified atom stereocenters. The number of carbonyl (C=O) groups excluding carboxylic acids is 4. The molecule has 0 spiro atoms. The van der Waals surface area contributed by atoms with Crippen molar-refractivity contribution in [3.8, 4) is 0 Å². The van der Waals surface area contributed by atoms with E-state index in [9.17, 15) is 19.2 Å². The van der Waals surface area contributed by atoms with Crippen molar-refractivity contribution in [2.24, 2.45) is 35.5 Å². The third-order valence-corrected chi connectivity index (χ3v) is 9.64. The average Bonchev–Trinajstić information content (AvgIpc) is 3.62. The second-order valence-electron chi connectivity index (χ2n) is 11.1.